The first-order chi connectivity index (χ1) is 13.1. The molecule has 0 aliphatic heterocycles. The molecule has 144 valence electrons. The maximum absolute atomic E-state index is 12.0. The van der Waals surface area contributed by atoms with Crippen molar-refractivity contribution in [2.75, 3.05) is 13.1 Å². The number of unbranched alkanes of at least 4 members (excludes halogenated alkanes) is 4. The summed E-state index contributed by atoms with van der Waals surface area (Å²) in [4.78, 5) is 16.4. The molecular weight excluding hydrogens is 470 g/mol. The van der Waals surface area contributed by atoms with E-state index in [1.807, 2.05) is 48.5 Å². The summed E-state index contributed by atoms with van der Waals surface area (Å²) < 4.78 is 2.01. The van der Waals surface area contributed by atoms with E-state index in [0.717, 1.165) is 53.2 Å². The van der Waals surface area contributed by atoms with Gasteiger partial charge in [-0.25, -0.2) is 0 Å². The van der Waals surface area contributed by atoms with E-state index in [2.05, 4.69) is 42.2 Å². The number of hydrogen-bond donors (Lipinski definition) is 2. The fraction of sp³-hybridized carbons (Fsp3) is 0.333. The van der Waals surface area contributed by atoms with E-state index in [1.54, 1.807) is 0 Å². The van der Waals surface area contributed by atoms with Crippen molar-refractivity contribution < 1.29 is 4.79 Å². The SMILES string of the molecule is NC(=NCCCCCCCNC(=O)c1ccc(Br)cc1)c1ccc(Br)cc1. The minimum absolute atomic E-state index is 0.0137. The Morgan fingerprint density at radius 3 is 1.96 bits per heavy atom. The third kappa shape index (κ3) is 8.26. The summed E-state index contributed by atoms with van der Waals surface area (Å²) >= 11 is 6.78. The van der Waals surface area contributed by atoms with Crippen molar-refractivity contribution in [1.29, 1.82) is 0 Å². The first kappa shape index (κ1) is 21.6. The van der Waals surface area contributed by atoms with Crippen molar-refractivity contribution in [3.05, 3.63) is 68.6 Å². The maximum atomic E-state index is 12.0. The van der Waals surface area contributed by atoms with Gasteiger partial charge in [-0.2, -0.15) is 0 Å². The van der Waals surface area contributed by atoms with Gasteiger partial charge in [0.15, 0.2) is 0 Å². The van der Waals surface area contributed by atoms with Gasteiger partial charge in [-0.3, -0.25) is 9.79 Å². The van der Waals surface area contributed by atoms with E-state index < -0.39 is 0 Å². The lowest BCUT2D eigenvalue weighted by Crippen LogP contribution is -2.24. The van der Waals surface area contributed by atoms with E-state index in [-0.39, 0.29) is 5.91 Å². The highest BCUT2D eigenvalue weighted by molar-refractivity contribution is 9.10. The number of amidine groups is 1. The van der Waals surface area contributed by atoms with Gasteiger partial charge in [0.25, 0.3) is 5.91 Å². The maximum Gasteiger partial charge on any atom is 0.251 e. The molecular formula is C21H25Br2N3O. The van der Waals surface area contributed by atoms with Crippen LogP contribution in [-0.4, -0.2) is 24.8 Å². The summed E-state index contributed by atoms with van der Waals surface area (Å²) in [7, 11) is 0. The molecule has 0 aliphatic rings. The van der Waals surface area contributed by atoms with Crippen molar-refractivity contribution in [2.45, 2.75) is 32.1 Å². The first-order valence-electron chi connectivity index (χ1n) is 9.16. The molecule has 0 aromatic heterocycles. The van der Waals surface area contributed by atoms with Crippen LogP contribution in [0.15, 0.2) is 62.5 Å². The Hall–Kier alpha value is -1.66. The van der Waals surface area contributed by atoms with Crippen molar-refractivity contribution in [2.24, 2.45) is 10.7 Å². The summed E-state index contributed by atoms with van der Waals surface area (Å²) in [5.41, 5.74) is 7.65. The Bertz CT molecular complexity index is 743. The van der Waals surface area contributed by atoms with Gasteiger partial charge in [0, 0.05) is 33.2 Å². The third-order valence-electron chi connectivity index (χ3n) is 4.15. The van der Waals surface area contributed by atoms with Gasteiger partial charge in [-0.15, -0.1) is 0 Å². The minimum Gasteiger partial charge on any atom is -0.384 e. The number of nitrogens with one attached hydrogen (secondary N) is 1. The van der Waals surface area contributed by atoms with Gasteiger partial charge in [0.1, 0.15) is 5.84 Å². The lowest BCUT2D eigenvalue weighted by molar-refractivity contribution is 0.0953. The van der Waals surface area contributed by atoms with Crippen LogP contribution in [-0.2, 0) is 0 Å². The fourth-order valence-electron chi connectivity index (χ4n) is 2.58. The van der Waals surface area contributed by atoms with Crippen molar-refractivity contribution >= 4 is 43.6 Å². The number of nitrogens with two attached hydrogens (primary N) is 1. The monoisotopic (exact) mass is 493 g/mol. The molecule has 2 aromatic rings. The van der Waals surface area contributed by atoms with Gasteiger partial charge in [-0.1, -0.05) is 63.3 Å². The molecule has 0 fully saturated rings. The van der Waals surface area contributed by atoms with E-state index in [4.69, 9.17) is 5.73 Å². The molecule has 4 nitrogen and oxygen atoms in total. The molecule has 3 N–H and O–H groups in total. The summed E-state index contributed by atoms with van der Waals surface area (Å²) in [5.74, 6) is 0.582. The molecule has 0 spiro atoms. The van der Waals surface area contributed by atoms with Gasteiger partial charge in [0.05, 0.1) is 0 Å². The van der Waals surface area contributed by atoms with Gasteiger partial charge in [-0.05, 0) is 49.2 Å². The van der Waals surface area contributed by atoms with Crippen LogP contribution in [0.2, 0.25) is 0 Å². The number of hydrogen-bond acceptors (Lipinski definition) is 2. The topological polar surface area (TPSA) is 67.5 Å². The molecule has 0 saturated heterocycles. The minimum atomic E-state index is -0.0137. The van der Waals surface area contributed by atoms with Crippen molar-refractivity contribution in [3.8, 4) is 0 Å². The zero-order chi connectivity index (χ0) is 19.5. The van der Waals surface area contributed by atoms with Crippen LogP contribution in [0.3, 0.4) is 0 Å². The molecule has 0 bridgehead atoms. The predicted molar refractivity (Wildman–Crippen MR) is 119 cm³/mol. The average Bonchev–Trinajstić information content (AvgIpc) is 2.67. The predicted octanol–water partition coefficient (Wildman–Crippen LogP) is 5.30. The van der Waals surface area contributed by atoms with Crippen LogP contribution in [0, 0.1) is 0 Å². The number of aliphatic imine (C=N–C) groups is 1. The highest BCUT2D eigenvalue weighted by atomic mass is 79.9. The van der Waals surface area contributed by atoms with Gasteiger partial charge in [0.2, 0.25) is 0 Å². The van der Waals surface area contributed by atoms with Crippen LogP contribution in [0.1, 0.15) is 48.0 Å². The molecule has 0 atom stereocenters. The Balaban J connectivity index is 1.52. The average molecular weight is 495 g/mol. The lowest BCUT2D eigenvalue weighted by atomic mass is 10.1. The second kappa shape index (κ2) is 11.9. The summed E-state index contributed by atoms with van der Waals surface area (Å²) in [6.07, 6.45) is 5.39. The normalized spacial score (nSPS) is 11.4. The van der Waals surface area contributed by atoms with Crippen LogP contribution in [0.25, 0.3) is 0 Å². The molecule has 0 radical (unpaired) electrons. The largest absolute Gasteiger partial charge is 0.384 e. The van der Waals surface area contributed by atoms with E-state index in [1.165, 1.54) is 0 Å². The molecule has 0 aliphatic carbocycles. The van der Waals surface area contributed by atoms with Crippen molar-refractivity contribution in [1.82, 2.24) is 5.32 Å². The number of rotatable bonds is 10. The number of carbonyl (C=O) groups excluding carboxylic acids is 1. The smallest absolute Gasteiger partial charge is 0.251 e. The second-order valence-electron chi connectivity index (χ2n) is 6.30. The number of amides is 1. The Kier molecular flexibility index (Phi) is 9.56. The summed E-state index contributed by atoms with van der Waals surface area (Å²) in [6.45, 7) is 1.46. The fourth-order valence-corrected chi connectivity index (χ4v) is 3.11. The zero-order valence-electron chi connectivity index (χ0n) is 15.3. The number of carbonyl (C=O) groups is 1. The van der Waals surface area contributed by atoms with Gasteiger partial charge < -0.3 is 11.1 Å². The van der Waals surface area contributed by atoms with Crippen LogP contribution in [0.5, 0.6) is 0 Å². The van der Waals surface area contributed by atoms with E-state index in [9.17, 15) is 4.79 Å². The molecule has 0 unspecified atom stereocenters. The molecule has 1 amide bonds. The molecule has 0 saturated carbocycles. The number of nitrogens with zero attached hydrogens (tertiary/aromatic N) is 1. The summed E-state index contributed by atoms with van der Waals surface area (Å²) in [5, 5.41) is 2.96. The highest BCUT2D eigenvalue weighted by Crippen LogP contribution is 2.11. The quantitative estimate of drug-likeness (QED) is 0.267. The molecule has 27 heavy (non-hydrogen) atoms. The number of halogens is 2. The van der Waals surface area contributed by atoms with Gasteiger partial charge >= 0.3 is 0 Å². The van der Waals surface area contributed by atoms with E-state index in [0.29, 0.717) is 17.9 Å². The molecule has 2 aromatic carbocycles. The van der Waals surface area contributed by atoms with Crippen molar-refractivity contribution in [3.63, 3.8) is 0 Å². The Morgan fingerprint density at radius 1 is 0.815 bits per heavy atom. The molecule has 2 rings (SSSR count). The van der Waals surface area contributed by atoms with Crippen LogP contribution < -0.4 is 11.1 Å². The summed E-state index contributed by atoms with van der Waals surface area (Å²) in [6, 6.07) is 15.2. The van der Waals surface area contributed by atoms with Crippen LogP contribution in [0.4, 0.5) is 0 Å². The van der Waals surface area contributed by atoms with E-state index >= 15 is 0 Å². The standard InChI is InChI=1S/C21H25Br2N3O/c22-18-10-6-16(7-11-18)20(24)25-14-4-2-1-3-5-15-26-21(27)17-8-12-19(23)13-9-17/h6-13H,1-5,14-15H2,(H2,24,25)(H,26,27). The third-order valence-corrected chi connectivity index (χ3v) is 5.21. The first-order valence-corrected chi connectivity index (χ1v) is 10.7. The number of benzene rings is 2. The Labute approximate surface area is 177 Å². The highest BCUT2D eigenvalue weighted by Gasteiger charge is 2.03. The Morgan fingerprint density at radius 2 is 1.33 bits per heavy atom. The zero-order valence-corrected chi connectivity index (χ0v) is 18.4. The molecule has 6 heteroatoms. The lowest BCUT2D eigenvalue weighted by Gasteiger charge is -2.05. The van der Waals surface area contributed by atoms with Crippen LogP contribution >= 0.6 is 31.9 Å². The molecule has 0 heterocycles. The second-order valence-corrected chi connectivity index (χ2v) is 8.14.